The molecule has 0 bridgehead atoms. The molecule has 0 saturated heterocycles. The van der Waals surface area contributed by atoms with Gasteiger partial charge in [-0.05, 0) is 12.1 Å². The van der Waals surface area contributed by atoms with E-state index >= 15 is 0 Å². The first-order chi connectivity index (χ1) is 8.28. The molecule has 2 heterocycles. The maximum Gasteiger partial charge on any atom is 0.293 e. The fourth-order valence-corrected chi connectivity index (χ4v) is 1.86. The van der Waals surface area contributed by atoms with Crippen molar-refractivity contribution in [1.82, 2.24) is 19.5 Å². The molecule has 0 fully saturated rings. The first-order valence-corrected chi connectivity index (χ1v) is 5.28. The standard InChI is InChI=1S/C12H12N4O/c1-16-7-14-9-5-8(3-4-11(9)16)10-6-13-12(15-10)17-2/h3-7H,1-2H3,(H,13,15). The SMILES string of the molecule is COc1ncc(-c2ccc3c(c2)ncn3C)[nH]1. The Morgan fingerprint density at radius 2 is 2.18 bits per heavy atom. The quantitative estimate of drug-likeness (QED) is 0.729. The molecule has 0 atom stereocenters. The lowest BCUT2D eigenvalue weighted by molar-refractivity contribution is 0.384. The van der Waals surface area contributed by atoms with Crippen LogP contribution in [0.4, 0.5) is 0 Å². The van der Waals surface area contributed by atoms with Gasteiger partial charge in [-0.1, -0.05) is 6.07 Å². The molecule has 0 amide bonds. The number of methoxy groups -OCH3 is 1. The van der Waals surface area contributed by atoms with Crippen LogP contribution in [-0.4, -0.2) is 26.6 Å². The summed E-state index contributed by atoms with van der Waals surface area (Å²) in [7, 11) is 3.57. The van der Waals surface area contributed by atoms with Gasteiger partial charge in [-0.2, -0.15) is 0 Å². The monoisotopic (exact) mass is 228 g/mol. The number of H-pyrrole nitrogens is 1. The van der Waals surface area contributed by atoms with Gasteiger partial charge >= 0.3 is 0 Å². The zero-order valence-electron chi connectivity index (χ0n) is 9.64. The predicted octanol–water partition coefficient (Wildman–Crippen LogP) is 1.97. The first kappa shape index (κ1) is 9.89. The topological polar surface area (TPSA) is 55.7 Å². The fraction of sp³-hybridized carbons (Fsp3) is 0.167. The average Bonchev–Trinajstić information content (AvgIpc) is 2.96. The number of nitrogens with one attached hydrogen (secondary N) is 1. The second-order valence-corrected chi connectivity index (χ2v) is 3.87. The molecule has 86 valence electrons. The lowest BCUT2D eigenvalue weighted by atomic mass is 10.1. The minimum absolute atomic E-state index is 0.515. The highest BCUT2D eigenvalue weighted by Gasteiger charge is 2.06. The molecule has 0 saturated carbocycles. The Morgan fingerprint density at radius 1 is 1.29 bits per heavy atom. The third-order valence-corrected chi connectivity index (χ3v) is 2.78. The summed E-state index contributed by atoms with van der Waals surface area (Å²) in [5.74, 6) is 0. The molecule has 5 nitrogen and oxygen atoms in total. The highest BCUT2D eigenvalue weighted by atomic mass is 16.5. The average molecular weight is 228 g/mol. The van der Waals surface area contributed by atoms with Gasteiger partial charge in [0.1, 0.15) is 0 Å². The number of aryl methyl sites for hydroxylation is 1. The van der Waals surface area contributed by atoms with Gasteiger partial charge in [-0.25, -0.2) is 9.97 Å². The van der Waals surface area contributed by atoms with Gasteiger partial charge in [0.25, 0.3) is 6.01 Å². The maximum atomic E-state index is 5.02. The Morgan fingerprint density at radius 3 is 2.94 bits per heavy atom. The Hall–Kier alpha value is -2.30. The highest BCUT2D eigenvalue weighted by Crippen LogP contribution is 2.23. The molecule has 0 spiro atoms. The smallest absolute Gasteiger partial charge is 0.293 e. The molecule has 0 unspecified atom stereocenters. The van der Waals surface area contributed by atoms with Crippen LogP contribution in [0.3, 0.4) is 0 Å². The van der Waals surface area contributed by atoms with E-state index in [0.29, 0.717) is 6.01 Å². The highest BCUT2D eigenvalue weighted by molar-refractivity contribution is 5.81. The van der Waals surface area contributed by atoms with E-state index < -0.39 is 0 Å². The Bertz CT molecular complexity index is 668. The van der Waals surface area contributed by atoms with E-state index in [0.717, 1.165) is 22.3 Å². The van der Waals surface area contributed by atoms with Crippen molar-refractivity contribution in [2.75, 3.05) is 7.11 Å². The van der Waals surface area contributed by atoms with Crippen LogP contribution < -0.4 is 4.74 Å². The van der Waals surface area contributed by atoms with Crippen LogP contribution >= 0.6 is 0 Å². The van der Waals surface area contributed by atoms with Crippen molar-refractivity contribution in [2.45, 2.75) is 0 Å². The fourth-order valence-electron chi connectivity index (χ4n) is 1.86. The van der Waals surface area contributed by atoms with Gasteiger partial charge in [-0.3, -0.25) is 0 Å². The molecule has 3 aromatic rings. The second-order valence-electron chi connectivity index (χ2n) is 3.87. The maximum absolute atomic E-state index is 5.02. The van der Waals surface area contributed by atoms with Gasteiger partial charge in [0.15, 0.2) is 0 Å². The third-order valence-electron chi connectivity index (χ3n) is 2.78. The van der Waals surface area contributed by atoms with Crippen molar-refractivity contribution >= 4 is 11.0 Å². The molecule has 1 aromatic carbocycles. The normalized spacial score (nSPS) is 10.9. The van der Waals surface area contributed by atoms with Crippen LogP contribution in [0.2, 0.25) is 0 Å². The van der Waals surface area contributed by atoms with Crippen LogP contribution in [-0.2, 0) is 7.05 Å². The molecule has 1 N–H and O–H groups in total. The van der Waals surface area contributed by atoms with Crippen molar-refractivity contribution in [2.24, 2.45) is 7.05 Å². The number of aromatic nitrogens is 4. The van der Waals surface area contributed by atoms with Crippen molar-refractivity contribution in [3.05, 3.63) is 30.7 Å². The van der Waals surface area contributed by atoms with Gasteiger partial charge in [0.05, 0.1) is 36.4 Å². The van der Waals surface area contributed by atoms with E-state index in [1.165, 1.54) is 0 Å². The Balaban J connectivity index is 2.11. The lowest BCUT2D eigenvalue weighted by Crippen LogP contribution is -1.85. The molecule has 17 heavy (non-hydrogen) atoms. The number of imidazole rings is 2. The molecule has 5 heteroatoms. The first-order valence-electron chi connectivity index (χ1n) is 5.28. The summed E-state index contributed by atoms with van der Waals surface area (Å²) >= 11 is 0. The summed E-state index contributed by atoms with van der Waals surface area (Å²) in [5, 5.41) is 0. The van der Waals surface area contributed by atoms with Gasteiger partial charge in [0.2, 0.25) is 0 Å². The van der Waals surface area contributed by atoms with Crippen LogP contribution in [0.1, 0.15) is 0 Å². The van der Waals surface area contributed by atoms with Gasteiger partial charge in [0, 0.05) is 12.6 Å². The van der Waals surface area contributed by atoms with Crippen molar-refractivity contribution < 1.29 is 4.74 Å². The van der Waals surface area contributed by atoms with E-state index in [2.05, 4.69) is 15.0 Å². The summed E-state index contributed by atoms with van der Waals surface area (Å²) < 4.78 is 7.01. The second kappa shape index (κ2) is 3.62. The number of benzene rings is 1. The van der Waals surface area contributed by atoms with Crippen molar-refractivity contribution in [1.29, 1.82) is 0 Å². The van der Waals surface area contributed by atoms with Crippen LogP contribution in [0.5, 0.6) is 6.01 Å². The Kier molecular flexibility index (Phi) is 2.11. The molecular weight excluding hydrogens is 216 g/mol. The number of hydrogen-bond acceptors (Lipinski definition) is 3. The zero-order valence-corrected chi connectivity index (χ0v) is 9.64. The summed E-state index contributed by atoms with van der Waals surface area (Å²) in [5.41, 5.74) is 4.06. The number of rotatable bonds is 2. The summed E-state index contributed by atoms with van der Waals surface area (Å²) in [6.45, 7) is 0. The number of nitrogens with zero attached hydrogens (tertiary/aromatic N) is 3. The minimum Gasteiger partial charge on any atom is -0.468 e. The number of aromatic amines is 1. The molecule has 2 aromatic heterocycles. The van der Waals surface area contributed by atoms with Crippen LogP contribution in [0, 0.1) is 0 Å². The van der Waals surface area contributed by atoms with E-state index in [9.17, 15) is 0 Å². The van der Waals surface area contributed by atoms with Crippen molar-refractivity contribution in [3.8, 4) is 17.3 Å². The summed E-state index contributed by atoms with van der Waals surface area (Å²) in [6, 6.07) is 6.63. The number of hydrogen-bond donors (Lipinski definition) is 1. The van der Waals surface area contributed by atoms with Crippen molar-refractivity contribution in [3.63, 3.8) is 0 Å². The summed E-state index contributed by atoms with van der Waals surface area (Å²) in [6.07, 6.45) is 3.56. The molecular formula is C12H12N4O. The van der Waals surface area contributed by atoms with Crippen LogP contribution in [0.25, 0.3) is 22.3 Å². The molecule has 0 aliphatic carbocycles. The molecule has 3 rings (SSSR count). The van der Waals surface area contributed by atoms with E-state index in [-0.39, 0.29) is 0 Å². The van der Waals surface area contributed by atoms with E-state index in [1.807, 2.05) is 36.1 Å². The van der Waals surface area contributed by atoms with Gasteiger partial charge < -0.3 is 14.3 Å². The third kappa shape index (κ3) is 1.56. The van der Waals surface area contributed by atoms with Gasteiger partial charge in [-0.15, -0.1) is 0 Å². The molecule has 0 radical (unpaired) electrons. The van der Waals surface area contributed by atoms with Crippen LogP contribution in [0.15, 0.2) is 30.7 Å². The van der Waals surface area contributed by atoms with E-state index in [4.69, 9.17) is 4.74 Å². The lowest BCUT2D eigenvalue weighted by Gasteiger charge is -1.98. The van der Waals surface area contributed by atoms with E-state index in [1.54, 1.807) is 13.3 Å². The largest absolute Gasteiger partial charge is 0.468 e. The Labute approximate surface area is 98.1 Å². The minimum atomic E-state index is 0.515. The predicted molar refractivity (Wildman–Crippen MR) is 64.8 cm³/mol. The number of fused-ring (bicyclic) bond motifs is 1. The molecule has 0 aliphatic heterocycles. The number of ether oxygens (including phenoxy) is 1. The zero-order chi connectivity index (χ0) is 11.8. The molecule has 0 aliphatic rings. The summed E-state index contributed by atoms with van der Waals surface area (Å²) in [4.78, 5) is 11.5.